The van der Waals surface area contributed by atoms with Crippen LogP contribution in [0.1, 0.15) is 16.1 Å². The molecule has 0 atom stereocenters. The van der Waals surface area contributed by atoms with Crippen molar-refractivity contribution < 1.29 is 9.90 Å². The molecule has 1 aromatic heterocycles. The van der Waals surface area contributed by atoms with Gasteiger partial charge in [0.2, 0.25) is 0 Å². The molecular weight excluding hydrogens is 254 g/mol. The summed E-state index contributed by atoms with van der Waals surface area (Å²) in [4.78, 5) is 11.8. The molecule has 0 unspecified atom stereocenters. The van der Waals surface area contributed by atoms with Gasteiger partial charge in [-0.3, -0.25) is 4.79 Å². The first-order chi connectivity index (χ1) is 8.69. The van der Waals surface area contributed by atoms with Crippen molar-refractivity contribution in [1.29, 1.82) is 0 Å². The number of halogens is 1. The number of anilines is 1. The summed E-state index contributed by atoms with van der Waals surface area (Å²) < 4.78 is 0. The summed E-state index contributed by atoms with van der Waals surface area (Å²) in [5, 5.41) is 19.1. The third-order valence-corrected chi connectivity index (χ3v) is 2.43. The van der Waals surface area contributed by atoms with Gasteiger partial charge in [-0.25, -0.2) is 0 Å². The Morgan fingerprint density at radius 3 is 2.78 bits per heavy atom. The lowest BCUT2D eigenvalue weighted by atomic mass is 10.2. The fourth-order valence-electron chi connectivity index (χ4n) is 1.38. The van der Waals surface area contributed by atoms with Crippen molar-refractivity contribution in [2.75, 3.05) is 5.32 Å². The number of nitrogens with one attached hydrogen (secondary N) is 1. The van der Waals surface area contributed by atoms with Crippen LogP contribution in [0, 0.1) is 0 Å². The number of amides is 1. The van der Waals surface area contributed by atoms with E-state index in [2.05, 4.69) is 15.5 Å². The van der Waals surface area contributed by atoms with Gasteiger partial charge in [-0.1, -0.05) is 23.7 Å². The number of aliphatic hydroxyl groups is 1. The summed E-state index contributed by atoms with van der Waals surface area (Å²) >= 11 is 5.58. The Hall–Kier alpha value is -1.98. The quantitative estimate of drug-likeness (QED) is 0.887. The molecule has 0 saturated heterocycles. The van der Waals surface area contributed by atoms with Crippen LogP contribution < -0.4 is 5.32 Å². The molecule has 0 fully saturated rings. The fourth-order valence-corrected chi connectivity index (χ4v) is 1.48. The van der Waals surface area contributed by atoms with Crippen molar-refractivity contribution in [3.05, 3.63) is 52.8 Å². The Bertz CT molecular complexity index is 558. The topological polar surface area (TPSA) is 75.1 Å². The molecule has 2 rings (SSSR count). The van der Waals surface area contributed by atoms with Crippen LogP contribution in [0.5, 0.6) is 0 Å². The molecule has 0 bridgehead atoms. The van der Waals surface area contributed by atoms with Gasteiger partial charge < -0.3 is 10.4 Å². The van der Waals surface area contributed by atoms with E-state index >= 15 is 0 Å². The Kier molecular flexibility index (Phi) is 3.86. The third kappa shape index (κ3) is 3.03. The van der Waals surface area contributed by atoms with E-state index in [1.165, 1.54) is 12.1 Å². The Morgan fingerprint density at radius 2 is 2.11 bits per heavy atom. The number of rotatable bonds is 3. The summed E-state index contributed by atoms with van der Waals surface area (Å²) in [5.41, 5.74) is 1.48. The number of aromatic nitrogens is 2. The van der Waals surface area contributed by atoms with Gasteiger partial charge in [0.1, 0.15) is 0 Å². The van der Waals surface area contributed by atoms with Gasteiger partial charge in [0.05, 0.1) is 6.61 Å². The number of carbonyl (C=O) groups is 1. The lowest BCUT2D eigenvalue weighted by Gasteiger charge is -2.05. The molecule has 0 radical (unpaired) electrons. The highest BCUT2D eigenvalue weighted by atomic mass is 35.5. The first-order valence-electron chi connectivity index (χ1n) is 5.19. The van der Waals surface area contributed by atoms with E-state index in [-0.39, 0.29) is 23.4 Å². The van der Waals surface area contributed by atoms with E-state index in [0.717, 1.165) is 5.56 Å². The highest BCUT2D eigenvalue weighted by Crippen LogP contribution is 2.12. The van der Waals surface area contributed by atoms with Crippen LogP contribution in [0.2, 0.25) is 5.15 Å². The highest BCUT2D eigenvalue weighted by molar-refractivity contribution is 6.29. The van der Waals surface area contributed by atoms with Crippen LogP contribution in [-0.4, -0.2) is 21.2 Å². The predicted molar refractivity (Wildman–Crippen MR) is 67.4 cm³/mol. The van der Waals surface area contributed by atoms with Crippen LogP contribution in [0.15, 0.2) is 36.4 Å². The lowest BCUT2D eigenvalue weighted by Crippen LogP contribution is -2.14. The molecule has 6 heteroatoms. The van der Waals surface area contributed by atoms with Crippen LogP contribution in [-0.2, 0) is 6.61 Å². The molecule has 2 aromatic rings. The smallest absolute Gasteiger partial charge is 0.276 e. The van der Waals surface area contributed by atoms with Crippen LogP contribution in [0.4, 0.5) is 5.69 Å². The van der Waals surface area contributed by atoms with Gasteiger partial charge in [0.15, 0.2) is 10.8 Å². The van der Waals surface area contributed by atoms with Crippen molar-refractivity contribution in [2.45, 2.75) is 6.61 Å². The molecule has 0 aliphatic heterocycles. The Labute approximate surface area is 108 Å². The van der Waals surface area contributed by atoms with Crippen molar-refractivity contribution in [3.63, 3.8) is 0 Å². The Morgan fingerprint density at radius 1 is 1.28 bits per heavy atom. The normalized spacial score (nSPS) is 10.1. The summed E-state index contributed by atoms with van der Waals surface area (Å²) in [6, 6.07) is 9.89. The number of nitrogens with zero attached hydrogens (tertiary/aromatic N) is 2. The molecular formula is C12H10ClN3O2. The number of benzene rings is 1. The molecule has 18 heavy (non-hydrogen) atoms. The fraction of sp³-hybridized carbons (Fsp3) is 0.0833. The standard InChI is InChI=1S/C12H10ClN3O2/c13-11-5-4-10(15-16-11)12(18)14-9-3-1-2-8(6-9)7-17/h1-6,17H,7H2,(H,14,18). The van der Waals surface area contributed by atoms with Gasteiger partial charge in [-0.05, 0) is 29.8 Å². The summed E-state index contributed by atoms with van der Waals surface area (Å²) in [5.74, 6) is -0.380. The van der Waals surface area contributed by atoms with Crippen LogP contribution in [0.3, 0.4) is 0 Å². The molecule has 0 aliphatic carbocycles. The van der Waals surface area contributed by atoms with Gasteiger partial charge >= 0.3 is 0 Å². The zero-order chi connectivity index (χ0) is 13.0. The second-order valence-corrected chi connectivity index (χ2v) is 3.94. The summed E-state index contributed by atoms with van der Waals surface area (Å²) in [6.07, 6.45) is 0. The second-order valence-electron chi connectivity index (χ2n) is 3.55. The van der Waals surface area contributed by atoms with Crippen LogP contribution >= 0.6 is 11.6 Å². The number of hydrogen-bond acceptors (Lipinski definition) is 4. The highest BCUT2D eigenvalue weighted by Gasteiger charge is 2.08. The maximum Gasteiger partial charge on any atom is 0.276 e. The minimum absolute atomic E-state index is 0.0789. The molecule has 5 nitrogen and oxygen atoms in total. The third-order valence-electron chi connectivity index (χ3n) is 2.23. The molecule has 0 saturated carbocycles. The SMILES string of the molecule is O=C(Nc1cccc(CO)c1)c1ccc(Cl)nn1. The van der Waals surface area contributed by atoms with Crippen molar-refractivity contribution in [1.82, 2.24) is 10.2 Å². The van der Waals surface area contributed by atoms with Gasteiger partial charge in [-0.15, -0.1) is 10.2 Å². The van der Waals surface area contributed by atoms with E-state index in [9.17, 15) is 4.79 Å². The van der Waals surface area contributed by atoms with Gasteiger partial charge in [0, 0.05) is 5.69 Å². The maximum absolute atomic E-state index is 11.8. The van der Waals surface area contributed by atoms with Crippen molar-refractivity contribution in [2.24, 2.45) is 0 Å². The average molecular weight is 264 g/mol. The van der Waals surface area contributed by atoms with Crippen LogP contribution in [0.25, 0.3) is 0 Å². The number of aliphatic hydroxyl groups excluding tert-OH is 1. The zero-order valence-electron chi connectivity index (χ0n) is 9.30. The van der Waals surface area contributed by atoms with E-state index in [1.54, 1.807) is 24.3 Å². The molecule has 1 amide bonds. The maximum atomic E-state index is 11.8. The molecule has 92 valence electrons. The average Bonchev–Trinajstić information content (AvgIpc) is 2.39. The monoisotopic (exact) mass is 263 g/mol. The first-order valence-corrected chi connectivity index (χ1v) is 5.57. The van der Waals surface area contributed by atoms with Gasteiger partial charge in [-0.2, -0.15) is 0 Å². The second kappa shape index (κ2) is 5.57. The Balaban J connectivity index is 2.13. The molecule has 0 aliphatic rings. The van der Waals surface area contributed by atoms with Crippen molar-refractivity contribution in [3.8, 4) is 0 Å². The van der Waals surface area contributed by atoms with Crippen molar-refractivity contribution >= 4 is 23.2 Å². The van der Waals surface area contributed by atoms with E-state index in [0.29, 0.717) is 5.69 Å². The number of hydrogen-bond donors (Lipinski definition) is 2. The minimum atomic E-state index is -0.380. The van der Waals surface area contributed by atoms with E-state index in [4.69, 9.17) is 16.7 Å². The van der Waals surface area contributed by atoms with Gasteiger partial charge in [0.25, 0.3) is 5.91 Å². The molecule has 1 aromatic carbocycles. The first kappa shape index (κ1) is 12.5. The minimum Gasteiger partial charge on any atom is -0.392 e. The zero-order valence-corrected chi connectivity index (χ0v) is 10.1. The molecule has 0 spiro atoms. The molecule has 1 heterocycles. The lowest BCUT2D eigenvalue weighted by molar-refractivity contribution is 0.102. The summed E-state index contributed by atoms with van der Waals surface area (Å²) in [7, 11) is 0. The summed E-state index contributed by atoms with van der Waals surface area (Å²) in [6.45, 7) is -0.0789. The van der Waals surface area contributed by atoms with E-state index in [1.807, 2.05) is 0 Å². The molecule has 2 N–H and O–H groups in total. The largest absolute Gasteiger partial charge is 0.392 e. The predicted octanol–water partition coefficient (Wildman–Crippen LogP) is 1.87. The van der Waals surface area contributed by atoms with E-state index < -0.39 is 0 Å². The number of carbonyl (C=O) groups excluding carboxylic acids is 1.